The average molecular weight is 341 g/mol. The van der Waals surface area contributed by atoms with E-state index in [1.54, 1.807) is 0 Å². The predicted octanol–water partition coefficient (Wildman–Crippen LogP) is 4.51. The molecular formula is C20H27N3O2. The molecule has 0 bridgehead atoms. The monoisotopic (exact) mass is 341 g/mol. The van der Waals surface area contributed by atoms with Crippen LogP contribution in [-0.2, 0) is 11.3 Å². The van der Waals surface area contributed by atoms with Crippen LogP contribution in [0.15, 0.2) is 36.5 Å². The second-order valence-electron chi connectivity index (χ2n) is 7.14. The van der Waals surface area contributed by atoms with Crippen LogP contribution in [0.5, 0.6) is 0 Å². The lowest BCUT2D eigenvalue weighted by atomic mass is 9.78. The minimum Gasteiger partial charge on any atom is -0.445 e. The second kappa shape index (κ2) is 8.19. The van der Waals surface area contributed by atoms with E-state index < -0.39 is 0 Å². The van der Waals surface area contributed by atoms with E-state index in [9.17, 15) is 4.79 Å². The van der Waals surface area contributed by atoms with Gasteiger partial charge < -0.3 is 15.0 Å². The fourth-order valence-electron chi connectivity index (χ4n) is 3.72. The smallest absolute Gasteiger partial charge is 0.408 e. The molecule has 1 heterocycles. The molecule has 1 aliphatic rings. The molecule has 2 aromatic rings. The Morgan fingerprint density at radius 2 is 2.16 bits per heavy atom. The van der Waals surface area contributed by atoms with Gasteiger partial charge in [0.15, 0.2) is 0 Å². The summed E-state index contributed by atoms with van der Waals surface area (Å²) in [5.41, 5.74) is 1.95. The molecule has 0 spiro atoms. The number of aryl methyl sites for hydroxylation is 1. The van der Waals surface area contributed by atoms with E-state index in [1.165, 1.54) is 12.8 Å². The Morgan fingerprint density at radius 3 is 2.84 bits per heavy atom. The summed E-state index contributed by atoms with van der Waals surface area (Å²) in [4.78, 5) is 20.0. The van der Waals surface area contributed by atoms with Crippen LogP contribution < -0.4 is 5.32 Å². The first-order valence-corrected chi connectivity index (χ1v) is 9.10. The van der Waals surface area contributed by atoms with Crippen LogP contribution in [0.4, 0.5) is 4.79 Å². The summed E-state index contributed by atoms with van der Waals surface area (Å²) in [7, 11) is 0. The topological polar surface area (TPSA) is 67.0 Å². The number of hydrogen-bond donors (Lipinski definition) is 2. The van der Waals surface area contributed by atoms with Crippen molar-refractivity contribution in [2.24, 2.45) is 11.8 Å². The van der Waals surface area contributed by atoms with Crippen LogP contribution in [0.1, 0.15) is 55.7 Å². The summed E-state index contributed by atoms with van der Waals surface area (Å²) >= 11 is 0. The molecular weight excluding hydrogens is 314 g/mol. The zero-order valence-corrected chi connectivity index (χ0v) is 15.0. The van der Waals surface area contributed by atoms with Gasteiger partial charge in [-0.3, -0.25) is 0 Å². The number of alkyl carbamates (subject to hydrolysis) is 1. The average Bonchev–Trinajstić information content (AvgIpc) is 3.05. The van der Waals surface area contributed by atoms with E-state index in [0.29, 0.717) is 11.8 Å². The molecule has 2 unspecified atom stereocenters. The summed E-state index contributed by atoms with van der Waals surface area (Å²) in [6.07, 6.45) is 6.16. The molecule has 0 saturated heterocycles. The Bertz CT molecular complexity index is 683. The fraction of sp³-hybridized carbons (Fsp3) is 0.500. The number of aromatic nitrogens is 2. The van der Waals surface area contributed by atoms with Crippen molar-refractivity contribution in [3.63, 3.8) is 0 Å². The van der Waals surface area contributed by atoms with E-state index in [4.69, 9.17) is 4.74 Å². The molecule has 0 radical (unpaired) electrons. The van der Waals surface area contributed by atoms with Crippen LogP contribution in [0.3, 0.4) is 0 Å². The number of carbonyl (C=O) groups is 1. The summed E-state index contributed by atoms with van der Waals surface area (Å²) in [6.45, 7) is 4.50. The lowest BCUT2D eigenvalue weighted by Crippen LogP contribution is -2.36. The number of hydrogen-bond acceptors (Lipinski definition) is 3. The minimum atomic E-state index is -0.376. The largest absolute Gasteiger partial charge is 0.445 e. The number of carbonyl (C=O) groups excluding carboxylic acids is 1. The van der Waals surface area contributed by atoms with Crippen molar-refractivity contribution in [2.45, 2.75) is 52.2 Å². The summed E-state index contributed by atoms with van der Waals surface area (Å²) in [5.74, 6) is 1.96. The van der Waals surface area contributed by atoms with Gasteiger partial charge in [-0.25, -0.2) is 9.78 Å². The quantitative estimate of drug-likeness (QED) is 0.840. The van der Waals surface area contributed by atoms with E-state index in [1.807, 2.05) is 43.5 Å². The van der Waals surface area contributed by atoms with Gasteiger partial charge in [0.1, 0.15) is 12.4 Å². The molecule has 25 heavy (non-hydrogen) atoms. The van der Waals surface area contributed by atoms with Gasteiger partial charge in [0.05, 0.1) is 17.9 Å². The summed E-state index contributed by atoms with van der Waals surface area (Å²) in [6, 6.07) is 9.65. The number of aromatic amines is 1. The van der Waals surface area contributed by atoms with Gasteiger partial charge in [0.25, 0.3) is 0 Å². The maximum Gasteiger partial charge on any atom is 0.408 e. The van der Waals surface area contributed by atoms with Crippen molar-refractivity contribution in [3.05, 3.63) is 53.6 Å². The first kappa shape index (κ1) is 17.5. The first-order valence-electron chi connectivity index (χ1n) is 9.10. The molecule has 3 atom stereocenters. The van der Waals surface area contributed by atoms with Crippen molar-refractivity contribution >= 4 is 6.09 Å². The van der Waals surface area contributed by atoms with E-state index in [0.717, 1.165) is 29.9 Å². The zero-order valence-electron chi connectivity index (χ0n) is 15.0. The van der Waals surface area contributed by atoms with Crippen LogP contribution >= 0.6 is 0 Å². The third-order valence-corrected chi connectivity index (χ3v) is 4.99. The Labute approximate surface area is 149 Å². The van der Waals surface area contributed by atoms with Crippen molar-refractivity contribution in [3.8, 4) is 0 Å². The number of nitrogens with zero attached hydrogens (tertiary/aromatic N) is 1. The van der Waals surface area contributed by atoms with E-state index in [-0.39, 0.29) is 18.7 Å². The lowest BCUT2D eigenvalue weighted by molar-refractivity contribution is 0.125. The van der Waals surface area contributed by atoms with Crippen molar-refractivity contribution in [1.82, 2.24) is 15.3 Å². The van der Waals surface area contributed by atoms with Crippen molar-refractivity contribution < 1.29 is 9.53 Å². The molecule has 1 amide bonds. The molecule has 5 heteroatoms. The minimum absolute atomic E-state index is 0.0766. The van der Waals surface area contributed by atoms with Crippen LogP contribution in [0.25, 0.3) is 0 Å². The lowest BCUT2D eigenvalue weighted by Gasteiger charge is -2.33. The van der Waals surface area contributed by atoms with Gasteiger partial charge in [-0.2, -0.15) is 0 Å². The Hall–Kier alpha value is -2.30. The maximum absolute atomic E-state index is 12.4. The molecule has 1 fully saturated rings. The molecule has 134 valence electrons. The molecule has 5 nitrogen and oxygen atoms in total. The van der Waals surface area contributed by atoms with Crippen molar-refractivity contribution in [2.75, 3.05) is 0 Å². The zero-order chi connectivity index (χ0) is 17.6. The van der Waals surface area contributed by atoms with Crippen LogP contribution in [-0.4, -0.2) is 16.1 Å². The Kier molecular flexibility index (Phi) is 5.74. The van der Waals surface area contributed by atoms with E-state index in [2.05, 4.69) is 22.2 Å². The van der Waals surface area contributed by atoms with Gasteiger partial charge in [0, 0.05) is 0 Å². The molecule has 1 aliphatic carbocycles. The number of rotatable bonds is 5. The highest BCUT2D eigenvalue weighted by Gasteiger charge is 2.30. The highest BCUT2D eigenvalue weighted by molar-refractivity contribution is 5.67. The third-order valence-electron chi connectivity index (χ3n) is 4.99. The van der Waals surface area contributed by atoms with Gasteiger partial charge in [-0.15, -0.1) is 0 Å². The molecule has 3 rings (SSSR count). The van der Waals surface area contributed by atoms with Gasteiger partial charge >= 0.3 is 6.09 Å². The number of benzene rings is 1. The summed E-state index contributed by atoms with van der Waals surface area (Å²) < 4.78 is 5.42. The standard InChI is InChI=1S/C20H27N3O2/c1-14-7-6-10-17(11-14)19(18-12-21-15(2)22-18)23-20(24)25-13-16-8-4-3-5-9-16/h3-5,8-9,12,14,17,19H,6-7,10-11,13H2,1-2H3,(H,21,22)(H,23,24)/t14?,17-,19?/m0/s1. The Balaban J connectivity index is 1.65. The number of imidazole rings is 1. The normalized spacial score (nSPS) is 21.5. The molecule has 1 aromatic heterocycles. The molecule has 1 aromatic carbocycles. The van der Waals surface area contributed by atoms with E-state index >= 15 is 0 Å². The molecule has 1 saturated carbocycles. The molecule has 2 N–H and O–H groups in total. The highest BCUT2D eigenvalue weighted by Crippen LogP contribution is 2.36. The van der Waals surface area contributed by atoms with Crippen molar-refractivity contribution in [1.29, 1.82) is 0 Å². The first-order chi connectivity index (χ1) is 12.1. The predicted molar refractivity (Wildman–Crippen MR) is 97.0 cm³/mol. The number of H-pyrrole nitrogens is 1. The molecule has 0 aliphatic heterocycles. The number of ether oxygens (including phenoxy) is 1. The summed E-state index contributed by atoms with van der Waals surface area (Å²) in [5, 5.41) is 3.07. The van der Waals surface area contributed by atoms with Gasteiger partial charge in [0.2, 0.25) is 0 Å². The second-order valence-corrected chi connectivity index (χ2v) is 7.14. The van der Waals surface area contributed by atoms with Crippen LogP contribution in [0.2, 0.25) is 0 Å². The fourth-order valence-corrected chi connectivity index (χ4v) is 3.72. The number of nitrogens with one attached hydrogen (secondary N) is 2. The van der Waals surface area contributed by atoms with Gasteiger partial charge in [-0.05, 0) is 37.2 Å². The third kappa shape index (κ3) is 4.84. The van der Waals surface area contributed by atoms with Gasteiger partial charge in [-0.1, -0.05) is 50.1 Å². The Morgan fingerprint density at radius 1 is 1.36 bits per heavy atom. The maximum atomic E-state index is 12.4. The SMILES string of the molecule is Cc1ncc(C(NC(=O)OCc2ccccc2)[C@H]2CCCC(C)C2)[nH]1. The van der Waals surface area contributed by atoms with Crippen LogP contribution in [0, 0.1) is 18.8 Å². The number of amides is 1. The highest BCUT2D eigenvalue weighted by atomic mass is 16.5.